The molecule has 0 amide bonds. The van der Waals surface area contributed by atoms with Crippen LogP contribution in [0.15, 0.2) is 63.2 Å². The fourth-order valence-corrected chi connectivity index (χ4v) is 2.94. The summed E-state index contributed by atoms with van der Waals surface area (Å²) in [5, 5.41) is 18.2. The summed E-state index contributed by atoms with van der Waals surface area (Å²) in [6.45, 7) is 2.09. The van der Waals surface area contributed by atoms with E-state index in [1.807, 2.05) is 30.3 Å². The molecule has 6 heteroatoms. The van der Waals surface area contributed by atoms with E-state index in [1.54, 1.807) is 12.1 Å². The van der Waals surface area contributed by atoms with Gasteiger partial charge in [-0.1, -0.05) is 43.3 Å². The molecule has 114 valence electrons. The molecule has 0 spiro atoms. The molecule has 5 nitrogen and oxygen atoms in total. The molecule has 0 aliphatic carbocycles. The zero-order chi connectivity index (χ0) is 16.1. The molecule has 0 aliphatic heterocycles. The van der Waals surface area contributed by atoms with Crippen molar-refractivity contribution in [3.63, 3.8) is 0 Å². The summed E-state index contributed by atoms with van der Waals surface area (Å²) in [5.74, 6) is 0.675. The summed E-state index contributed by atoms with van der Waals surface area (Å²) in [7, 11) is 0. The molecule has 23 heavy (non-hydrogen) atoms. The molecular weight excluding hydrogens is 308 g/mol. The van der Waals surface area contributed by atoms with Crippen LogP contribution in [0.2, 0.25) is 0 Å². The topological polar surface area (TPSA) is 75.6 Å². The maximum atomic E-state index is 8.89. The van der Waals surface area contributed by atoms with Crippen LogP contribution in [-0.2, 0) is 0 Å². The summed E-state index contributed by atoms with van der Waals surface area (Å²) in [6, 6.07) is 17.4. The Kier molecular flexibility index (Phi) is 4.69. The number of nitrogens with zero attached hydrogens (tertiary/aromatic N) is 4. The van der Waals surface area contributed by atoms with Crippen molar-refractivity contribution in [2.75, 3.05) is 0 Å². The lowest BCUT2D eigenvalue weighted by Crippen LogP contribution is -1.99. The van der Waals surface area contributed by atoms with Crippen molar-refractivity contribution in [2.45, 2.75) is 29.5 Å². The van der Waals surface area contributed by atoms with E-state index >= 15 is 0 Å². The van der Waals surface area contributed by atoms with E-state index in [0.717, 1.165) is 12.0 Å². The third-order valence-corrected chi connectivity index (χ3v) is 4.14. The minimum atomic E-state index is 0.0800. The van der Waals surface area contributed by atoms with Crippen LogP contribution in [0.1, 0.15) is 36.4 Å². The van der Waals surface area contributed by atoms with E-state index < -0.39 is 0 Å². The second-order valence-corrected chi connectivity index (χ2v) is 5.82. The predicted octanol–water partition coefficient (Wildman–Crippen LogP) is 4.03. The van der Waals surface area contributed by atoms with Crippen LogP contribution < -0.4 is 0 Å². The molecule has 3 aromatic rings. The van der Waals surface area contributed by atoms with Crippen LogP contribution >= 0.6 is 11.8 Å². The van der Waals surface area contributed by atoms with Gasteiger partial charge in [0.25, 0.3) is 5.22 Å². The average Bonchev–Trinajstić information content (AvgIpc) is 3.05. The zero-order valence-corrected chi connectivity index (χ0v) is 13.3. The lowest BCUT2D eigenvalue weighted by molar-refractivity contribution is 0.395. The van der Waals surface area contributed by atoms with Gasteiger partial charge in [0.05, 0.1) is 5.92 Å². The molecule has 1 atom stereocenters. The molecule has 3 rings (SSSR count). The smallest absolute Gasteiger partial charge is 0.282 e. The number of pyridine rings is 1. The first-order chi connectivity index (χ1) is 11.3. The summed E-state index contributed by atoms with van der Waals surface area (Å²) < 4.78 is 5.79. The Balaban J connectivity index is 1.81. The summed E-state index contributed by atoms with van der Waals surface area (Å²) >= 11 is 1.26. The number of benzene rings is 1. The Morgan fingerprint density at radius 3 is 2.70 bits per heavy atom. The fourth-order valence-electron chi connectivity index (χ4n) is 2.26. The van der Waals surface area contributed by atoms with E-state index in [9.17, 15) is 0 Å². The van der Waals surface area contributed by atoms with Gasteiger partial charge in [0.15, 0.2) is 0 Å². The minimum Gasteiger partial charge on any atom is -0.415 e. The molecule has 0 N–H and O–H groups in total. The van der Waals surface area contributed by atoms with E-state index in [2.05, 4.69) is 34.2 Å². The third kappa shape index (κ3) is 3.58. The summed E-state index contributed by atoms with van der Waals surface area (Å²) in [5.41, 5.74) is 1.52. The first kappa shape index (κ1) is 15.3. The Hall–Kier alpha value is -2.65. The number of hydrogen-bond acceptors (Lipinski definition) is 6. The minimum absolute atomic E-state index is 0.0800. The summed E-state index contributed by atoms with van der Waals surface area (Å²) in [6.07, 6.45) is 0.873. The highest BCUT2D eigenvalue weighted by atomic mass is 32.2. The Morgan fingerprint density at radius 1 is 1.13 bits per heavy atom. The van der Waals surface area contributed by atoms with Crippen molar-refractivity contribution >= 4 is 11.8 Å². The van der Waals surface area contributed by atoms with Gasteiger partial charge in [-0.05, 0) is 35.9 Å². The molecule has 1 aromatic carbocycles. The van der Waals surface area contributed by atoms with Gasteiger partial charge in [0, 0.05) is 0 Å². The van der Waals surface area contributed by atoms with Gasteiger partial charge in [0.1, 0.15) is 16.8 Å². The van der Waals surface area contributed by atoms with Gasteiger partial charge in [-0.3, -0.25) is 0 Å². The van der Waals surface area contributed by atoms with Crippen LogP contribution in [0.5, 0.6) is 0 Å². The summed E-state index contributed by atoms with van der Waals surface area (Å²) in [4.78, 5) is 4.19. The van der Waals surface area contributed by atoms with Gasteiger partial charge < -0.3 is 4.42 Å². The Morgan fingerprint density at radius 2 is 1.96 bits per heavy atom. The molecule has 1 unspecified atom stereocenters. The van der Waals surface area contributed by atoms with Crippen molar-refractivity contribution in [3.8, 4) is 6.07 Å². The highest BCUT2D eigenvalue weighted by Crippen LogP contribution is 2.31. The SMILES string of the molecule is CCC(c1ccccc1)c1nnc(Sc2cccc(C#N)n2)o1. The maximum absolute atomic E-state index is 8.89. The number of rotatable bonds is 5. The second kappa shape index (κ2) is 7.07. The molecule has 2 aromatic heterocycles. The Labute approximate surface area is 138 Å². The lowest BCUT2D eigenvalue weighted by Gasteiger charge is -2.09. The largest absolute Gasteiger partial charge is 0.415 e. The second-order valence-electron chi connectivity index (χ2n) is 4.85. The van der Waals surface area contributed by atoms with Crippen molar-refractivity contribution in [3.05, 3.63) is 65.7 Å². The maximum Gasteiger partial charge on any atom is 0.282 e. The fraction of sp³-hybridized carbons (Fsp3) is 0.176. The first-order valence-corrected chi connectivity index (χ1v) is 8.05. The highest BCUT2D eigenvalue weighted by molar-refractivity contribution is 7.99. The van der Waals surface area contributed by atoms with Gasteiger partial charge in [-0.15, -0.1) is 10.2 Å². The quantitative estimate of drug-likeness (QED) is 0.706. The normalized spacial score (nSPS) is 11.8. The number of hydrogen-bond donors (Lipinski definition) is 0. The monoisotopic (exact) mass is 322 g/mol. The zero-order valence-electron chi connectivity index (χ0n) is 12.5. The third-order valence-electron chi connectivity index (χ3n) is 3.36. The van der Waals surface area contributed by atoms with E-state index in [-0.39, 0.29) is 5.92 Å². The molecule has 0 bridgehead atoms. The van der Waals surface area contributed by atoms with Crippen molar-refractivity contribution < 1.29 is 4.42 Å². The van der Waals surface area contributed by atoms with Crippen molar-refractivity contribution in [2.24, 2.45) is 0 Å². The van der Waals surface area contributed by atoms with E-state index in [4.69, 9.17) is 9.68 Å². The van der Waals surface area contributed by atoms with Gasteiger partial charge in [-0.2, -0.15) is 5.26 Å². The van der Waals surface area contributed by atoms with Crippen molar-refractivity contribution in [1.29, 1.82) is 5.26 Å². The van der Waals surface area contributed by atoms with Crippen molar-refractivity contribution in [1.82, 2.24) is 15.2 Å². The lowest BCUT2D eigenvalue weighted by atomic mass is 9.97. The Bertz CT molecular complexity index is 826. The van der Waals surface area contributed by atoms with Gasteiger partial charge in [0.2, 0.25) is 5.89 Å². The molecule has 0 saturated carbocycles. The molecule has 0 saturated heterocycles. The average molecular weight is 322 g/mol. The predicted molar refractivity (Wildman–Crippen MR) is 85.9 cm³/mol. The molecule has 0 aliphatic rings. The van der Waals surface area contributed by atoms with Gasteiger partial charge in [-0.25, -0.2) is 4.98 Å². The first-order valence-electron chi connectivity index (χ1n) is 7.23. The number of aromatic nitrogens is 3. The van der Waals surface area contributed by atoms with Crippen LogP contribution in [0.3, 0.4) is 0 Å². The molecule has 0 radical (unpaired) electrons. The molecule has 0 fully saturated rings. The standard InChI is InChI=1S/C17H14N4OS/c1-2-14(12-7-4-3-5-8-12)16-20-21-17(22-16)23-15-10-6-9-13(11-18)19-15/h3-10,14H,2H2,1H3. The van der Waals surface area contributed by atoms with Crippen LogP contribution in [0, 0.1) is 11.3 Å². The van der Waals surface area contributed by atoms with Gasteiger partial charge >= 0.3 is 0 Å². The van der Waals surface area contributed by atoms with E-state index in [1.165, 1.54) is 11.8 Å². The van der Waals surface area contributed by atoms with Crippen LogP contribution in [-0.4, -0.2) is 15.2 Å². The van der Waals surface area contributed by atoms with Crippen LogP contribution in [0.4, 0.5) is 0 Å². The number of nitriles is 1. The van der Waals surface area contributed by atoms with E-state index in [0.29, 0.717) is 21.8 Å². The highest BCUT2D eigenvalue weighted by Gasteiger charge is 2.19. The molecular formula is C17H14N4OS. The van der Waals surface area contributed by atoms with Crippen LogP contribution in [0.25, 0.3) is 0 Å². The molecule has 2 heterocycles.